The van der Waals surface area contributed by atoms with Crippen molar-refractivity contribution in [2.24, 2.45) is 0 Å². The standard InChI is InChI=1S/C18H17BrO2/c19-17-8-4-2-6-14(17)11-15(20)12-18-16-7-3-1-5-13(16)9-10-21-18/h1-8,18H,9-12H2. The highest BCUT2D eigenvalue weighted by atomic mass is 79.9. The number of hydrogen-bond acceptors (Lipinski definition) is 2. The van der Waals surface area contributed by atoms with E-state index in [9.17, 15) is 4.79 Å². The highest BCUT2D eigenvalue weighted by molar-refractivity contribution is 9.10. The molecule has 0 spiro atoms. The lowest BCUT2D eigenvalue weighted by atomic mass is 9.93. The van der Waals surface area contributed by atoms with Crippen LogP contribution in [0.2, 0.25) is 0 Å². The first-order chi connectivity index (χ1) is 10.2. The smallest absolute Gasteiger partial charge is 0.140 e. The zero-order valence-corrected chi connectivity index (χ0v) is 13.3. The van der Waals surface area contributed by atoms with Gasteiger partial charge in [-0.2, -0.15) is 0 Å². The first-order valence-corrected chi connectivity index (χ1v) is 7.98. The average Bonchev–Trinajstić information content (AvgIpc) is 2.50. The van der Waals surface area contributed by atoms with E-state index >= 15 is 0 Å². The van der Waals surface area contributed by atoms with Crippen molar-refractivity contribution >= 4 is 21.7 Å². The minimum absolute atomic E-state index is 0.0927. The molecule has 2 aromatic rings. The zero-order valence-electron chi connectivity index (χ0n) is 11.7. The molecule has 108 valence electrons. The maximum Gasteiger partial charge on any atom is 0.140 e. The van der Waals surface area contributed by atoms with Gasteiger partial charge in [0.15, 0.2) is 0 Å². The summed E-state index contributed by atoms with van der Waals surface area (Å²) in [6.45, 7) is 0.698. The number of hydrogen-bond donors (Lipinski definition) is 0. The van der Waals surface area contributed by atoms with Gasteiger partial charge in [-0.15, -0.1) is 0 Å². The van der Waals surface area contributed by atoms with Gasteiger partial charge in [-0.05, 0) is 29.2 Å². The molecular formula is C18H17BrO2. The number of benzene rings is 2. The number of rotatable bonds is 4. The molecule has 0 fully saturated rings. The summed E-state index contributed by atoms with van der Waals surface area (Å²) in [5, 5.41) is 0. The predicted octanol–water partition coefficient (Wildman–Crippen LogP) is 4.26. The lowest BCUT2D eigenvalue weighted by Crippen LogP contribution is -2.19. The van der Waals surface area contributed by atoms with E-state index in [1.807, 2.05) is 36.4 Å². The molecule has 0 bridgehead atoms. The van der Waals surface area contributed by atoms with E-state index in [-0.39, 0.29) is 11.9 Å². The van der Waals surface area contributed by atoms with Crippen molar-refractivity contribution in [3.8, 4) is 0 Å². The van der Waals surface area contributed by atoms with Crippen LogP contribution in [0.5, 0.6) is 0 Å². The van der Waals surface area contributed by atoms with Crippen LogP contribution in [0.25, 0.3) is 0 Å². The minimum Gasteiger partial charge on any atom is -0.373 e. The Labute approximate surface area is 133 Å². The van der Waals surface area contributed by atoms with Crippen LogP contribution in [0.4, 0.5) is 0 Å². The summed E-state index contributed by atoms with van der Waals surface area (Å²) in [5.41, 5.74) is 3.51. The summed E-state index contributed by atoms with van der Waals surface area (Å²) in [7, 11) is 0. The minimum atomic E-state index is -0.0927. The highest BCUT2D eigenvalue weighted by Crippen LogP contribution is 2.30. The van der Waals surface area contributed by atoms with Crippen LogP contribution in [-0.4, -0.2) is 12.4 Å². The molecule has 3 heteroatoms. The van der Waals surface area contributed by atoms with Gasteiger partial charge in [0.05, 0.1) is 12.7 Å². The number of ether oxygens (including phenoxy) is 1. The molecule has 0 amide bonds. The molecule has 2 aromatic carbocycles. The molecule has 0 radical (unpaired) electrons. The van der Waals surface area contributed by atoms with Crippen LogP contribution in [-0.2, 0) is 22.4 Å². The summed E-state index contributed by atoms with van der Waals surface area (Å²) < 4.78 is 6.80. The normalized spacial score (nSPS) is 17.3. The van der Waals surface area contributed by atoms with E-state index < -0.39 is 0 Å². The fourth-order valence-electron chi connectivity index (χ4n) is 2.78. The Hall–Kier alpha value is -1.45. The first-order valence-electron chi connectivity index (χ1n) is 7.18. The molecule has 21 heavy (non-hydrogen) atoms. The van der Waals surface area contributed by atoms with Gasteiger partial charge in [0.25, 0.3) is 0 Å². The van der Waals surface area contributed by atoms with Crippen LogP contribution in [0.1, 0.15) is 29.2 Å². The van der Waals surface area contributed by atoms with Gasteiger partial charge >= 0.3 is 0 Å². The van der Waals surface area contributed by atoms with E-state index in [0.29, 0.717) is 19.4 Å². The van der Waals surface area contributed by atoms with Gasteiger partial charge in [-0.3, -0.25) is 4.79 Å². The summed E-state index contributed by atoms with van der Waals surface area (Å²) in [5.74, 6) is 0.212. The zero-order chi connectivity index (χ0) is 14.7. The average molecular weight is 345 g/mol. The van der Waals surface area contributed by atoms with E-state index in [2.05, 4.69) is 28.1 Å². The first kappa shape index (κ1) is 14.5. The third-order valence-corrected chi connectivity index (χ3v) is 4.62. The SMILES string of the molecule is O=C(Cc1ccccc1Br)CC1OCCc2ccccc21. The molecular weight excluding hydrogens is 328 g/mol. The molecule has 0 aliphatic carbocycles. The number of carbonyl (C=O) groups is 1. The largest absolute Gasteiger partial charge is 0.373 e. The number of Topliss-reactive ketones (excluding diaryl/α,β-unsaturated/α-hetero) is 1. The van der Waals surface area contributed by atoms with Gasteiger partial charge in [0.1, 0.15) is 5.78 Å². The quantitative estimate of drug-likeness (QED) is 0.827. The number of fused-ring (bicyclic) bond motifs is 1. The van der Waals surface area contributed by atoms with Crippen molar-refractivity contribution in [2.45, 2.75) is 25.4 Å². The van der Waals surface area contributed by atoms with Crippen LogP contribution in [0.3, 0.4) is 0 Å². The Morgan fingerprint density at radius 2 is 1.90 bits per heavy atom. The van der Waals surface area contributed by atoms with Crippen molar-refractivity contribution in [1.29, 1.82) is 0 Å². The van der Waals surface area contributed by atoms with Crippen molar-refractivity contribution in [3.05, 3.63) is 69.7 Å². The van der Waals surface area contributed by atoms with E-state index in [4.69, 9.17) is 4.74 Å². The van der Waals surface area contributed by atoms with Crippen LogP contribution < -0.4 is 0 Å². The fourth-order valence-corrected chi connectivity index (χ4v) is 3.20. The molecule has 2 nitrogen and oxygen atoms in total. The van der Waals surface area contributed by atoms with Crippen molar-refractivity contribution < 1.29 is 9.53 Å². The highest BCUT2D eigenvalue weighted by Gasteiger charge is 2.23. The summed E-state index contributed by atoms with van der Waals surface area (Å²) in [6, 6.07) is 16.1. The molecule has 0 saturated heterocycles. The van der Waals surface area contributed by atoms with Gasteiger partial charge in [-0.25, -0.2) is 0 Å². The fraction of sp³-hybridized carbons (Fsp3) is 0.278. The third kappa shape index (κ3) is 3.42. The van der Waals surface area contributed by atoms with E-state index in [0.717, 1.165) is 16.5 Å². The molecule has 1 atom stereocenters. The van der Waals surface area contributed by atoms with Crippen molar-refractivity contribution in [3.63, 3.8) is 0 Å². The summed E-state index contributed by atoms with van der Waals surface area (Å²) in [6.07, 6.45) is 1.73. The third-order valence-electron chi connectivity index (χ3n) is 3.85. The number of halogens is 1. The Balaban J connectivity index is 1.70. The molecule has 1 heterocycles. The monoisotopic (exact) mass is 344 g/mol. The van der Waals surface area contributed by atoms with Crippen LogP contribution >= 0.6 is 15.9 Å². The lowest BCUT2D eigenvalue weighted by Gasteiger charge is -2.25. The van der Waals surface area contributed by atoms with Crippen molar-refractivity contribution in [2.75, 3.05) is 6.61 Å². The molecule has 1 unspecified atom stereocenters. The van der Waals surface area contributed by atoms with Gasteiger partial charge in [-0.1, -0.05) is 58.4 Å². The van der Waals surface area contributed by atoms with Gasteiger partial charge < -0.3 is 4.74 Å². The predicted molar refractivity (Wildman–Crippen MR) is 86.3 cm³/mol. The molecule has 0 saturated carbocycles. The molecule has 3 rings (SSSR count). The Kier molecular flexibility index (Phi) is 4.51. The Morgan fingerprint density at radius 1 is 1.14 bits per heavy atom. The second-order valence-corrected chi connectivity index (χ2v) is 6.17. The van der Waals surface area contributed by atoms with Crippen LogP contribution in [0.15, 0.2) is 53.0 Å². The van der Waals surface area contributed by atoms with Gasteiger partial charge in [0, 0.05) is 17.3 Å². The Bertz CT molecular complexity index is 651. The molecule has 1 aliphatic rings. The number of carbonyl (C=O) groups excluding carboxylic acids is 1. The summed E-state index contributed by atoms with van der Waals surface area (Å²) >= 11 is 3.49. The maximum absolute atomic E-state index is 12.3. The molecule has 1 aliphatic heterocycles. The second kappa shape index (κ2) is 6.54. The molecule has 0 aromatic heterocycles. The van der Waals surface area contributed by atoms with Crippen molar-refractivity contribution in [1.82, 2.24) is 0 Å². The second-order valence-electron chi connectivity index (χ2n) is 5.32. The van der Waals surface area contributed by atoms with Gasteiger partial charge in [0.2, 0.25) is 0 Å². The molecule has 0 N–H and O–H groups in total. The van der Waals surface area contributed by atoms with E-state index in [1.165, 1.54) is 11.1 Å². The maximum atomic E-state index is 12.3. The van der Waals surface area contributed by atoms with Crippen LogP contribution in [0, 0.1) is 0 Å². The summed E-state index contributed by atoms with van der Waals surface area (Å²) in [4.78, 5) is 12.3. The van der Waals surface area contributed by atoms with E-state index in [1.54, 1.807) is 0 Å². The number of ketones is 1. The Morgan fingerprint density at radius 3 is 2.76 bits per heavy atom. The lowest BCUT2D eigenvalue weighted by molar-refractivity contribution is -0.121. The topological polar surface area (TPSA) is 26.3 Å².